The Kier molecular flexibility index (Phi) is 3.47. The van der Waals surface area contributed by atoms with Crippen molar-refractivity contribution in [2.45, 2.75) is 0 Å². The molecule has 2 N–H and O–H groups in total. The molecule has 0 saturated carbocycles. The molecule has 2 aromatic rings. The summed E-state index contributed by atoms with van der Waals surface area (Å²) in [5.74, 6) is -3.93. The molecule has 1 aromatic heterocycles. The van der Waals surface area contributed by atoms with E-state index in [2.05, 4.69) is 10.4 Å². The number of hydrogen-bond donors (Lipinski definition) is 2. The summed E-state index contributed by atoms with van der Waals surface area (Å²) in [5, 5.41) is 14.8. The van der Waals surface area contributed by atoms with Crippen LogP contribution >= 0.6 is 0 Å². The monoisotopic (exact) mass is 281 g/mol. The van der Waals surface area contributed by atoms with Crippen LogP contribution in [0.4, 0.5) is 14.5 Å². The van der Waals surface area contributed by atoms with E-state index >= 15 is 0 Å². The van der Waals surface area contributed by atoms with Crippen molar-refractivity contribution < 1.29 is 23.5 Å². The summed E-state index contributed by atoms with van der Waals surface area (Å²) < 4.78 is 27.1. The largest absolute Gasteiger partial charge is 0.477 e. The molecule has 0 spiro atoms. The molecule has 6 nitrogen and oxygen atoms in total. The second-order valence-electron chi connectivity index (χ2n) is 3.91. The van der Waals surface area contributed by atoms with Crippen molar-refractivity contribution in [1.82, 2.24) is 9.78 Å². The highest BCUT2D eigenvalue weighted by atomic mass is 19.1. The van der Waals surface area contributed by atoms with Crippen LogP contribution in [0.1, 0.15) is 20.8 Å². The molecule has 1 aromatic carbocycles. The van der Waals surface area contributed by atoms with Gasteiger partial charge in [0.25, 0.3) is 5.91 Å². The van der Waals surface area contributed by atoms with Gasteiger partial charge in [0.05, 0.1) is 17.4 Å². The maximum atomic E-state index is 13.4. The number of rotatable bonds is 3. The summed E-state index contributed by atoms with van der Waals surface area (Å²) in [6.07, 6.45) is 1.06. The number of amides is 1. The lowest BCUT2D eigenvalue weighted by molar-refractivity contribution is 0.0680. The Labute approximate surface area is 111 Å². The van der Waals surface area contributed by atoms with Crippen molar-refractivity contribution in [1.29, 1.82) is 0 Å². The van der Waals surface area contributed by atoms with E-state index in [9.17, 15) is 18.4 Å². The summed E-state index contributed by atoms with van der Waals surface area (Å²) in [4.78, 5) is 22.9. The van der Waals surface area contributed by atoms with Crippen molar-refractivity contribution in [3.8, 4) is 0 Å². The first-order valence-electron chi connectivity index (χ1n) is 5.42. The Bertz CT molecular complexity index is 697. The SMILES string of the molecule is Cn1ncc(C(=O)Nc2ccc(F)cc2F)c1C(=O)O. The normalized spacial score (nSPS) is 10.3. The molecule has 0 fully saturated rings. The lowest BCUT2D eigenvalue weighted by Gasteiger charge is -2.06. The molecule has 1 heterocycles. The molecule has 0 bridgehead atoms. The van der Waals surface area contributed by atoms with E-state index in [1.54, 1.807) is 0 Å². The van der Waals surface area contributed by atoms with Gasteiger partial charge in [0.15, 0.2) is 5.69 Å². The number of nitrogens with one attached hydrogen (secondary N) is 1. The van der Waals surface area contributed by atoms with Gasteiger partial charge >= 0.3 is 5.97 Å². The number of carbonyl (C=O) groups is 2. The molecular formula is C12H9F2N3O3. The summed E-state index contributed by atoms with van der Waals surface area (Å²) >= 11 is 0. The zero-order chi connectivity index (χ0) is 14.9. The van der Waals surface area contributed by atoms with E-state index in [4.69, 9.17) is 5.11 Å². The van der Waals surface area contributed by atoms with Gasteiger partial charge in [-0.05, 0) is 12.1 Å². The van der Waals surface area contributed by atoms with Crippen LogP contribution in [0.5, 0.6) is 0 Å². The van der Waals surface area contributed by atoms with E-state index < -0.39 is 23.5 Å². The fourth-order valence-corrected chi connectivity index (χ4v) is 1.64. The average Bonchev–Trinajstić information content (AvgIpc) is 2.74. The van der Waals surface area contributed by atoms with E-state index in [1.807, 2.05) is 0 Å². The Hall–Kier alpha value is -2.77. The maximum absolute atomic E-state index is 13.4. The summed E-state index contributed by atoms with van der Waals surface area (Å²) in [5.41, 5.74) is -0.801. The molecule has 104 valence electrons. The van der Waals surface area contributed by atoms with Crippen molar-refractivity contribution in [2.24, 2.45) is 7.05 Å². The number of carboxylic acids is 1. The number of carboxylic acid groups (broad SMARTS) is 1. The molecule has 2 rings (SSSR count). The number of hydrogen-bond acceptors (Lipinski definition) is 3. The van der Waals surface area contributed by atoms with Crippen LogP contribution in [0.15, 0.2) is 24.4 Å². The highest BCUT2D eigenvalue weighted by molar-refractivity contribution is 6.09. The van der Waals surface area contributed by atoms with Gasteiger partial charge in [-0.25, -0.2) is 13.6 Å². The van der Waals surface area contributed by atoms with Crippen molar-refractivity contribution >= 4 is 17.6 Å². The summed E-state index contributed by atoms with van der Waals surface area (Å²) in [7, 11) is 1.36. The molecule has 0 aliphatic rings. The fourth-order valence-electron chi connectivity index (χ4n) is 1.64. The van der Waals surface area contributed by atoms with E-state index in [1.165, 1.54) is 7.05 Å². The lowest BCUT2D eigenvalue weighted by Crippen LogP contribution is -2.17. The second kappa shape index (κ2) is 5.08. The molecule has 1 amide bonds. The predicted molar refractivity (Wildman–Crippen MR) is 64.5 cm³/mol. The standard InChI is InChI=1S/C12H9F2N3O3/c1-17-10(12(19)20)7(5-15-17)11(18)16-9-3-2-6(13)4-8(9)14/h2-5H,1H3,(H,16,18)(H,19,20). The number of carbonyl (C=O) groups excluding carboxylic acids is 1. The number of aromatic carboxylic acids is 1. The number of benzene rings is 1. The number of anilines is 1. The zero-order valence-corrected chi connectivity index (χ0v) is 10.2. The first-order valence-corrected chi connectivity index (χ1v) is 5.42. The minimum atomic E-state index is -1.34. The first-order chi connectivity index (χ1) is 9.40. The quantitative estimate of drug-likeness (QED) is 0.896. The van der Waals surface area contributed by atoms with Crippen molar-refractivity contribution in [2.75, 3.05) is 5.32 Å². The molecule has 0 saturated heterocycles. The predicted octanol–water partition coefficient (Wildman–Crippen LogP) is 1.65. The van der Waals surface area contributed by atoms with Crippen molar-refractivity contribution in [3.63, 3.8) is 0 Å². The minimum absolute atomic E-state index is 0.219. The van der Waals surface area contributed by atoms with Crippen LogP contribution < -0.4 is 5.32 Å². The molecule has 20 heavy (non-hydrogen) atoms. The molecule has 0 aliphatic heterocycles. The van der Waals surface area contributed by atoms with E-state index in [0.29, 0.717) is 6.07 Å². The Morgan fingerprint density at radius 1 is 1.35 bits per heavy atom. The topological polar surface area (TPSA) is 84.2 Å². The Morgan fingerprint density at radius 3 is 2.65 bits per heavy atom. The van der Waals surface area contributed by atoms with Crippen LogP contribution in [0.25, 0.3) is 0 Å². The van der Waals surface area contributed by atoms with E-state index in [0.717, 1.165) is 23.0 Å². The van der Waals surface area contributed by atoms with Crippen LogP contribution in [-0.4, -0.2) is 26.8 Å². The van der Waals surface area contributed by atoms with Crippen LogP contribution in [0, 0.1) is 11.6 Å². The third-order valence-corrected chi connectivity index (χ3v) is 2.57. The highest BCUT2D eigenvalue weighted by Crippen LogP contribution is 2.17. The maximum Gasteiger partial charge on any atom is 0.354 e. The molecule has 0 aliphatic carbocycles. The minimum Gasteiger partial charge on any atom is -0.477 e. The van der Waals surface area contributed by atoms with Gasteiger partial charge in [0, 0.05) is 13.1 Å². The van der Waals surface area contributed by atoms with Crippen LogP contribution in [0.2, 0.25) is 0 Å². The summed E-state index contributed by atoms with van der Waals surface area (Å²) in [6, 6.07) is 2.62. The van der Waals surface area contributed by atoms with Gasteiger partial charge in [-0.15, -0.1) is 0 Å². The Morgan fingerprint density at radius 2 is 2.05 bits per heavy atom. The van der Waals surface area contributed by atoms with Gasteiger partial charge < -0.3 is 10.4 Å². The third-order valence-electron chi connectivity index (χ3n) is 2.57. The van der Waals surface area contributed by atoms with E-state index in [-0.39, 0.29) is 16.9 Å². The molecule has 0 radical (unpaired) electrons. The van der Waals surface area contributed by atoms with Gasteiger partial charge in [-0.2, -0.15) is 5.10 Å². The van der Waals surface area contributed by atoms with Crippen LogP contribution in [0.3, 0.4) is 0 Å². The van der Waals surface area contributed by atoms with Gasteiger partial charge in [0.1, 0.15) is 11.6 Å². The first kappa shape index (κ1) is 13.7. The smallest absolute Gasteiger partial charge is 0.354 e. The second-order valence-corrected chi connectivity index (χ2v) is 3.91. The number of halogens is 2. The zero-order valence-electron chi connectivity index (χ0n) is 10.2. The van der Waals surface area contributed by atoms with Gasteiger partial charge in [0.2, 0.25) is 0 Å². The number of nitrogens with zero attached hydrogens (tertiary/aromatic N) is 2. The lowest BCUT2D eigenvalue weighted by atomic mass is 10.2. The highest BCUT2D eigenvalue weighted by Gasteiger charge is 2.22. The number of aryl methyl sites for hydroxylation is 1. The van der Waals surface area contributed by atoms with Crippen LogP contribution in [-0.2, 0) is 7.05 Å². The van der Waals surface area contributed by atoms with Gasteiger partial charge in [-0.3, -0.25) is 9.48 Å². The molecular weight excluding hydrogens is 272 g/mol. The number of aromatic nitrogens is 2. The Balaban J connectivity index is 2.31. The van der Waals surface area contributed by atoms with Gasteiger partial charge in [-0.1, -0.05) is 0 Å². The average molecular weight is 281 g/mol. The summed E-state index contributed by atoms with van der Waals surface area (Å²) in [6.45, 7) is 0. The fraction of sp³-hybridized carbons (Fsp3) is 0.0833. The molecule has 0 atom stereocenters. The molecule has 0 unspecified atom stereocenters. The van der Waals surface area contributed by atoms with Crippen molar-refractivity contribution in [3.05, 3.63) is 47.3 Å². The third kappa shape index (κ3) is 2.48. The molecule has 8 heteroatoms.